The Morgan fingerprint density at radius 3 is 2.37 bits per heavy atom. The van der Waals surface area contributed by atoms with Gasteiger partial charge in [-0.15, -0.1) is 0 Å². The van der Waals surface area contributed by atoms with E-state index < -0.39 is 0 Å². The molecule has 0 saturated heterocycles. The number of methoxy groups -OCH3 is 1. The maximum Gasteiger partial charge on any atom is 0.128 e. The number of oxime groups is 1. The number of phenols is 1. The number of aromatic hydroxyl groups is 1. The lowest BCUT2D eigenvalue weighted by molar-refractivity contribution is 0.319. The first-order valence-electron chi connectivity index (χ1n) is 5.51. The van der Waals surface area contributed by atoms with Gasteiger partial charge < -0.3 is 15.1 Å². The lowest BCUT2D eigenvalue weighted by Crippen LogP contribution is -2.03. The van der Waals surface area contributed by atoms with Crippen LogP contribution in [0.3, 0.4) is 0 Å². The van der Waals surface area contributed by atoms with E-state index in [1.165, 1.54) is 13.2 Å². The molecule has 0 unspecified atom stereocenters. The largest absolute Gasteiger partial charge is 0.507 e. The fraction of sp³-hybridized carbons (Fsp3) is 0.0714. The smallest absolute Gasteiger partial charge is 0.128 e. The van der Waals surface area contributed by atoms with Crippen molar-refractivity contribution in [1.82, 2.24) is 0 Å². The molecule has 0 bridgehead atoms. The molecule has 98 valence electrons. The molecule has 0 saturated carbocycles. The Morgan fingerprint density at radius 1 is 1.16 bits per heavy atom. The van der Waals surface area contributed by atoms with E-state index in [0.717, 1.165) is 0 Å². The Bertz CT molecular complexity index is 609. The van der Waals surface area contributed by atoms with Crippen molar-refractivity contribution in [2.24, 2.45) is 5.16 Å². The summed E-state index contributed by atoms with van der Waals surface area (Å²) >= 11 is 5.81. The van der Waals surface area contributed by atoms with Crippen molar-refractivity contribution in [3.8, 4) is 11.5 Å². The molecule has 19 heavy (non-hydrogen) atoms. The summed E-state index contributed by atoms with van der Waals surface area (Å²) in [6, 6.07) is 11.5. The normalized spacial score (nSPS) is 11.4. The van der Waals surface area contributed by atoms with Crippen LogP contribution in [0.15, 0.2) is 47.6 Å². The molecule has 4 nitrogen and oxygen atoms in total. The Labute approximate surface area is 115 Å². The molecular weight excluding hydrogens is 266 g/mol. The van der Waals surface area contributed by atoms with Gasteiger partial charge in [0.15, 0.2) is 0 Å². The maximum absolute atomic E-state index is 9.94. The van der Waals surface area contributed by atoms with Gasteiger partial charge in [-0.1, -0.05) is 28.9 Å². The highest BCUT2D eigenvalue weighted by Crippen LogP contribution is 2.26. The molecule has 0 aliphatic heterocycles. The van der Waals surface area contributed by atoms with Crippen LogP contribution in [-0.2, 0) is 0 Å². The molecule has 5 heteroatoms. The van der Waals surface area contributed by atoms with Crippen LogP contribution in [0.25, 0.3) is 0 Å². The first kappa shape index (κ1) is 13.2. The zero-order valence-electron chi connectivity index (χ0n) is 10.2. The summed E-state index contributed by atoms with van der Waals surface area (Å²) in [6.45, 7) is 0. The van der Waals surface area contributed by atoms with E-state index in [-0.39, 0.29) is 11.5 Å². The van der Waals surface area contributed by atoms with Gasteiger partial charge in [-0.05, 0) is 24.3 Å². The molecule has 0 aliphatic rings. The summed E-state index contributed by atoms with van der Waals surface area (Å²) < 4.78 is 5.01. The number of halogens is 1. The minimum atomic E-state index is -0.0258. The summed E-state index contributed by atoms with van der Waals surface area (Å²) in [4.78, 5) is 0. The third kappa shape index (κ3) is 2.80. The van der Waals surface area contributed by atoms with Crippen LogP contribution in [0.1, 0.15) is 11.1 Å². The Balaban J connectivity index is 2.46. The maximum atomic E-state index is 9.94. The number of benzene rings is 2. The van der Waals surface area contributed by atoms with Gasteiger partial charge in [0.2, 0.25) is 0 Å². The van der Waals surface area contributed by atoms with E-state index >= 15 is 0 Å². The average Bonchev–Trinajstić information content (AvgIpc) is 2.43. The molecule has 0 fully saturated rings. The van der Waals surface area contributed by atoms with Crippen molar-refractivity contribution in [2.75, 3.05) is 7.11 Å². The third-order valence-electron chi connectivity index (χ3n) is 2.68. The Hall–Kier alpha value is -2.20. The van der Waals surface area contributed by atoms with E-state index in [1.54, 1.807) is 36.4 Å². The predicted molar refractivity (Wildman–Crippen MR) is 73.5 cm³/mol. The van der Waals surface area contributed by atoms with Crippen LogP contribution >= 0.6 is 11.6 Å². The molecule has 2 aromatic carbocycles. The summed E-state index contributed by atoms with van der Waals surface area (Å²) in [6.07, 6.45) is 0. The highest BCUT2D eigenvalue weighted by atomic mass is 35.5. The van der Waals surface area contributed by atoms with Crippen molar-refractivity contribution in [2.45, 2.75) is 0 Å². The van der Waals surface area contributed by atoms with Crippen LogP contribution in [0.4, 0.5) is 0 Å². The minimum Gasteiger partial charge on any atom is -0.507 e. The van der Waals surface area contributed by atoms with Crippen molar-refractivity contribution in [3.63, 3.8) is 0 Å². The minimum absolute atomic E-state index is 0.0258. The molecular formula is C14H12ClNO3. The Morgan fingerprint density at radius 2 is 1.84 bits per heavy atom. The number of ether oxygens (including phenoxy) is 1. The molecule has 0 spiro atoms. The molecule has 0 heterocycles. The SMILES string of the molecule is COc1ccc(/C(=N\O)c2ccc(Cl)cc2)c(O)c1. The van der Waals surface area contributed by atoms with Gasteiger partial charge in [0, 0.05) is 22.2 Å². The van der Waals surface area contributed by atoms with Crippen molar-refractivity contribution in [1.29, 1.82) is 0 Å². The molecule has 0 atom stereocenters. The van der Waals surface area contributed by atoms with Crippen LogP contribution in [-0.4, -0.2) is 23.1 Å². The van der Waals surface area contributed by atoms with Gasteiger partial charge in [0.25, 0.3) is 0 Å². The van der Waals surface area contributed by atoms with Gasteiger partial charge >= 0.3 is 0 Å². The molecule has 0 aliphatic carbocycles. The summed E-state index contributed by atoms with van der Waals surface area (Å²) in [5.41, 5.74) is 1.31. The lowest BCUT2D eigenvalue weighted by Gasteiger charge is -2.09. The van der Waals surface area contributed by atoms with E-state index in [2.05, 4.69) is 5.16 Å². The van der Waals surface area contributed by atoms with Gasteiger partial charge in [-0.25, -0.2) is 0 Å². The predicted octanol–water partition coefficient (Wildman–Crippen LogP) is 3.28. The molecule has 2 N–H and O–H groups in total. The second kappa shape index (κ2) is 5.63. The van der Waals surface area contributed by atoms with Crippen molar-refractivity contribution < 1.29 is 15.1 Å². The fourth-order valence-corrected chi connectivity index (χ4v) is 1.84. The number of nitrogens with zero attached hydrogens (tertiary/aromatic N) is 1. The second-order valence-electron chi connectivity index (χ2n) is 3.84. The van der Waals surface area contributed by atoms with Crippen LogP contribution in [0.2, 0.25) is 5.02 Å². The van der Waals surface area contributed by atoms with Crippen molar-refractivity contribution >= 4 is 17.3 Å². The molecule has 0 aromatic heterocycles. The summed E-state index contributed by atoms with van der Waals surface area (Å²) in [5, 5.41) is 22.9. The molecule has 2 aromatic rings. The fourth-order valence-electron chi connectivity index (χ4n) is 1.71. The van der Waals surface area contributed by atoms with Gasteiger partial charge in [0.1, 0.15) is 17.2 Å². The Kier molecular flexibility index (Phi) is 3.92. The summed E-state index contributed by atoms with van der Waals surface area (Å²) in [7, 11) is 1.51. The second-order valence-corrected chi connectivity index (χ2v) is 4.28. The van der Waals surface area contributed by atoms with Crippen LogP contribution in [0.5, 0.6) is 11.5 Å². The van der Waals surface area contributed by atoms with E-state index in [1.807, 2.05) is 0 Å². The lowest BCUT2D eigenvalue weighted by atomic mass is 10.0. The quantitative estimate of drug-likeness (QED) is 0.514. The summed E-state index contributed by atoms with van der Waals surface area (Å²) in [5.74, 6) is 0.497. The van der Waals surface area contributed by atoms with E-state index in [9.17, 15) is 5.11 Å². The molecule has 0 amide bonds. The van der Waals surface area contributed by atoms with E-state index in [0.29, 0.717) is 21.9 Å². The van der Waals surface area contributed by atoms with Crippen LogP contribution < -0.4 is 4.74 Å². The zero-order chi connectivity index (χ0) is 13.8. The average molecular weight is 278 g/mol. The van der Waals surface area contributed by atoms with Gasteiger partial charge in [-0.3, -0.25) is 0 Å². The number of hydrogen-bond acceptors (Lipinski definition) is 4. The first-order chi connectivity index (χ1) is 9.15. The first-order valence-corrected chi connectivity index (χ1v) is 5.89. The van der Waals surface area contributed by atoms with Crippen molar-refractivity contribution in [3.05, 3.63) is 58.6 Å². The monoisotopic (exact) mass is 277 g/mol. The van der Waals surface area contributed by atoms with Gasteiger partial charge in [-0.2, -0.15) is 0 Å². The number of phenolic OH excluding ortho intramolecular Hbond substituents is 1. The van der Waals surface area contributed by atoms with E-state index in [4.69, 9.17) is 21.5 Å². The van der Waals surface area contributed by atoms with Gasteiger partial charge in [0.05, 0.1) is 7.11 Å². The standard InChI is InChI=1S/C14H12ClNO3/c1-19-11-6-7-12(13(17)8-11)14(16-18)9-2-4-10(15)5-3-9/h2-8,17-18H,1H3/b16-14-. The number of hydrogen-bond donors (Lipinski definition) is 2. The highest BCUT2D eigenvalue weighted by molar-refractivity contribution is 6.30. The topological polar surface area (TPSA) is 62.0 Å². The molecule has 0 radical (unpaired) electrons. The van der Waals surface area contributed by atoms with Crippen LogP contribution in [0, 0.1) is 0 Å². The zero-order valence-corrected chi connectivity index (χ0v) is 10.9. The molecule has 2 rings (SSSR count). The number of rotatable bonds is 3. The highest BCUT2D eigenvalue weighted by Gasteiger charge is 2.13. The third-order valence-corrected chi connectivity index (χ3v) is 2.93.